The summed E-state index contributed by atoms with van der Waals surface area (Å²) in [6.07, 6.45) is -3.40. The van der Waals surface area contributed by atoms with Crippen LogP contribution in [0.2, 0.25) is 0 Å². The Morgan fingerprint density at radius 2 is 1.88 bits per heavy atom. The first-order chi connectivity index (χ1) is 15.9. The van der Waals surface area contributed by atoms with E-state index in [1.807, 2.05) is 41.8 Å². The minimum absolute atomic E-state index is 0.0629. The molecule has 4 heterocycles. The van der Waals surface area contributed by atoms with Crippen molar-refractivity contribution >= 4 is 54.1 Å². The van der Waals surface area contributed by atoms with Crippen molar-refractivity contribution in [1.29, 1.82) is 0 Å². The van der Waals surface area contributed by atoms with E-state index in [4.69, 9.17) is 0 Å². The summed E-state index contributed by atoms with van der Waals surface area (Å²) in [4.78, 5) is 30.4. The Bertz CT molecular complexity index is 1290. The first-order valence-electron chi connectivity index (χ1n) is 10.6. The largest absolute Gasteiger partial charge is 0.388 e. The first kappa shape index (κ1) is 22.1. The van der Waals surface area contributed by atoms with Gasteiger partial charge in [-0.2, -0.15) is 0 Å². The number of amides is 2. The van der Waals surface area contributed by atoms with E-state index in [2.05, 4.69) is 10.3 Å². The Morgan fingerprint density at radius 1 is 1.15 bits per heavy atom. The molecule has 2 amide bonds. The van der Waals surface area contributed by atoms with Gasteiger partial charge in [0, 0.05) is 18.5 Å². The van der Waals surface area contributed by atoms with Crippen molar-refractivity contribution in [1.82, 2.24) is 15.2 Å². The summed E-state index contributed by atoms with van der Waals surface area (Å²) in [5.74, 6) is -1.06. The van der Waals surface area contributed by atoms with Crippen LogP contribution >= 0.6 is 22.7 Å². The number of hydrogen-bond donors (Lipinski definition) is 5. The maximum Gasteiger partial charge on any atom is 0.268 e. The number of aromatic amines is 1. The Hall–Kier alpha value is -2.76. The molecule has 4 atom stereocenters. The molecule has 1 aliphatic heterocycles. The van der Waals surface area contributed by atoms with Crippen LogP contribution in [0.3, 0.4) is 0 Å². The number of β-amino-alcohol motifs (C(OH)–C–C–N with tert-alkyl or cyclic N) is 2. The molecule has 0 bridgehead atoms. The van der Waals surface area contributed by atoms with E-state index in [-0.39, 0.29) is 19.5 Å². The second kappa shape index (κ2) is 8.88. The third-order valence-corrected chi connectivity index (χ3v) is 8.14. The predicted molar refractivity (Wildman–Crippen MR) is 128 cm³/mol. The Balaban J connectivity index is 1.38. The van der Waals surface area contributed by atoms with Gasteiger partial charge in [-0.05, 0) is 29.5 Å². The first-order valence-corrected chi connectivity index (χ1v) is 12.3. The normalized spacial score (nSPS) is 20.4. The van der Waals surface area contributed by atoms with E-state index in [0.717, 1.165) is 21.2 Å². The SMILES string of the molecule is O=C(NC(Cc1ccccc1)C(O)C(=O)N1CC(O)C(O)C1)c1cc2sc3sccc3c2[nH]1. The number of likely N-dealkylation sites (tertiary alicyclic amines) is 1. The highest BCUT2D eigenvalue weighted by Gasteiger charge is 2.38. The monoisotopic (exact) mass is 485 g/mol. The average molecular weight is 486 g/mol. The molecule has 8 nitrogen and oxygen atoms in total. The van der Waals surface area contributed by atoms with E-state index >= 15 is 0 Å². The number of fused-ring (bicyclic) bond motifs is 3. The Kier molecular flexibility index (Phi) is 5.94. The topological polar surface area (TPSA) is 126 Å². The number of benzene rings is 1. The van der Waals surface area contributed by atoms with Gasteiger partial charge in [0.05, 0.1) is 32.5 Å². The fourth-order valence-corrected chi connectivity index (χ4v) is 6.34. The lowest BCUT2D eigenvalue weighted by Gasteiger charge is -2.27. The number of carbonyl (C=O) groups excluding carboxylic acids is 2. The number of carbonyl (C=O) groups is 2. The van der Waals surface area contributed by atoms with E-state index < -0.39 is 36.2 Å². The van der Waals surface area contributed by atoms with Crippen LogP contribution < -0.4 is 5.32 Å². The smallest absolute Gasteiger partial charge is 0.268 e. The number of aliphatic hydroxyl groups excluding tert-OH is 3. The second-order valence-electron chi connectivity index (χ2n) is 8.24. The zero-order valence-electron chi connectivity index (χ0n) is 17.5. The number of thiophene rings is 2. The lowest BCUT2D eigenvalue weighted by molar-refractivity contribution is -0.141. The van der Waals surface area contributed by atoms with Crippen molar-refractivity contribution in [3.8, 4) is 0 Å². The lowest BCUT2D eigenvalue weighted by atomic mass is 10.00. The van der Waals surface area contributed by atoms with Crippen molar-refractivity contribution in [3.63, 3.8) is 0 Å². The van der Waals surface area contributed by atoms with Crippen molar-refractivity contribution < 1.29 is 24.9 Å². The molecule has 4 aromatic rings. The molecule has 1 saturated heterocycles. The number of aliphatic hydroxyl groups is 3. The molecule has 0 aliphatic carbocycles. The Morgan fingerprint density at radius 3 is 2.61 bits per heavy atom. The summed E-state index contributed by atoms with van der Waals surface area (Å²) in [6.45, 7) is -0.126. The third-order valence-electron chi connectivity index (χ3n) is 5.95. The summed E-state index contributed by atoms with van der Waals surface area (Å²) in [5, 5.41) is 36.4. The molecule has 0 saturated carbocycles. The van der Waals surface area contributed by atoms with Crippen LogP contribution in [-0.2, 0) is 11.2 Å². The molecular formula is C23H23N3O5S2. The molecule has 1 aliphatic rings. The molecule has 33 heavy (non-hydrogen) atoms. The van der Waals surface area contributed by atoms with Gasteiger partial charge in [-0.3, -0.25) is 9.59 Å². The minimum Gasteiger partial charge on any atom is -0.388 e. The molecule has 172 valence electrons. The van der Waals surface area contributed by atoms with Gasteiger partial charge in [0.15, 0.2) is 6.10 Å². The van der Waals surface area contributed by atoms with Gasteiger partial charge in [-0.25, -0.2) is 0 Å². The molecule has 1 fully saturated rings. The van der Waals surface area contributed by atoms with Crippen LogP contribution in [0.15, 0.2) is 47.8 Å². The second-order valence-corrected chi connectivity index (χ2v) is 10.5. The van der Waals surface area contributed by atoms with Crippen LogP contribution in [0.5, 0.6) is 0 Å². The number of H-pyrrole nitrogens is 1. The van der Waals surface area contributed by atoms with Crippen molar-refractivity contribution in [2.45, 2.75) is 30.8 Å². The van der Waals surface area contributed by atoms with E-state index in [9.17, 15) is 24.9 Å². The van der Waals surface area contributed by atoms with Gasteiger partial charge in [0.1, 0.15) is 5.69 Å². The number of rotatable bonds is 6. The standard InChI is InChI=1S/C23H23N3O5S2/c27-16-10-26(11-17(16)28)22(31)20(29)14(8-12-4-2-1-3-5-12)25-21(30)15-9-18-19(24-15)13-6-7-32-23(13)33-18/h1-7,9,14,16-17,20,24,27-29H,8,10-11H2,(H,25,30). The Labute approximate surface area is 197 Å². The van der Waals surface area contributed by atoms with Gasteiger partial charge in [-0.15, -0.1) is 22.7 Å². The van der Waals surface area contributed by atoms with Gasteiger partial charge in [0.2, 0.25) is 0 Å². The number of nitrogens with one attached hydrogen (secondary N) is 2. The predicted octanol–water partition coefficient (Wildman–Crippen LogP) is 1.71. The van der Waals surface area contributed by atoms with Crippen LogP contribution in [0, 0.1) is 0 Å². The summed E-state index contributed by atoms with van der Waals surface area (Å²) in [7, 11) is 0. The molecule has 10 heteroatoms. The summed E-state index contributed by atoms with van der Waals surface area (Å²) >= 11 is 3.26. The number of nitrogens with zero attached hydrogens (tertiary/aromatic N) is 1. The third kappa shape index (κ3) is 4.28. The maximum absolute atomic E-state index is 13.1. The zero-order chi connectivity index (χ0) is 23.1. The quantitative estimate of drug-likeness (QED) is 0.284. The molecule has 4 unspecified atom stereocenters. The summed E-state index contributed by atoms with van der Waals surface area (Å²) < 4.78 is 2.15. The number of hydrogen-bond acceptors (Lipinski definition) is 7. The summed E-state index contributed by atoms with van der Waals surface area (Å²) in [6, 6.07) is 12.2. The molecule has 5 N–H and O–H groups in total. The highest BCUT2D eigenvalue weighted by molar-refractivity contribution is 7.41. The molecule has 0 spiro atoms. The van der Waals surface area contributed by atoms with Crippen LogP contribution in [-0.4, -0.2) is 74.5 Å². The fraction of sp³-hybridized carbons (Fsp3) is 0.304. The van der Waals surface area contributed by atoms with Gasteiger partial charge < -0.3 is 30.5 Å². The summed E-state index contributed by atoms with van der Waals surface area (Å²) in [5.41, 5.74) is 2.11. The van der Waals surface area contributed by atoms with Crippen molar-refractivity contribution in [2.75, 3.05) is 13.1 Å². The van der Waals surface area contributed by atoms with Crippen LogP contribution in [0.4, 0.5) is 0 Å². The van der Waals surface area contributed by atoms with E-state index in [1.54, 1.807) is 28.7 Å². The maximum atomic E-state index is 13.1. The highest BCUT2D eigenvalue weighted by Crippen LogP contribution is 2.37. The van der Waals surface area contributed by atoms with Gasteiger partial charge in [-0.1, -0.05) is 30.3 Å². The van der Waals surface area contributed by atoms with Crippen molar-refractivity contribution in [3.05, 3.63) is 59.1 Å². The van der Waals surface area contributed by atoms with E-state index in [0.29, 0.717) is 5.69 Å². The van der Waals surface area contributed by atoms with Crippen LogP contribution in [0.25, 0.3) is 19.6 Å². The molecule has 3 aromatic heterocycles. The van der Waals surface area contributed by atoms with Crippen molar-refractivity contribution in [2.24, 2.45) is 0 Å². The molecular weight excluding hydrogens is 462 g/mol. The lowest BCUT2D eigenvalue weighted by Crippen LogP contribution is -2.52. The highest BCUT2D eigenvalue weighted by atomic mass is 32.2. The van der Waals surface area contributed by atoms with E-state index in [1.165, 1.54) is 8.91 Å². The minimum atomic E-state index is -1.54. The fourth-order valence-electron chi connectivity index (χ4n) is 4.16. The van der Waals surface area contributed by atoms with Gasteiger partial charge >= 0.3 is 0 Å². The molecule has 0 radical (unpaired) electrons. The van der Waals surface area contributed by atoms with Crippen LogP contribution in [0.1, 0.15) is 16.1 Å². The number of aromatic nitrogens is 1. The molecule has 1 aromatic carbocycles. The average Bonchev–Trinajstić information content (AvgIpc) is 3.56. The molecule has 5 rings (SSSR count). The zero-order valence-corrected chi connectivity index (χ0v) is 19.1. The van der Waals surface area contributed by atoms with Gasteiger partial charge in [0.25, 0.3) is 11.8 Å².